The second kappa shape index (κ2) is 4.72. The van der Waals surface area contributed by atoms with Crippen LogP contribution in [-0.4, -0.2) is 30.5 Å². The van der Waals surface area contributed by atoms with E-state index in [1.165, 1.54) is 6.07 Å². The van der Waals surface area contributed by atoms with Gasteiger partial charge < -0.3 is 20.3 Å². The van der Waals surface area contributed by atoms with Gasteiger partial charge in [-0.15, -0.1) is 0 Å². The number of aromatic hydroxyl groups is 2. The predicted molar refractivity (Wildman–Crippen MR) is 54.9 cm³/mol. The first-order valence-corrected chi connectivity index (χ1v) is 4.40. The quantitative estimate of drug-likeness (QED) is 0.388. The lowest BCUT2D eigenvalue weighted by Crippen LogP contribution is -2.07. The molecule has 78 valence electrons. The maximum absolute atomic E-state index is 9.45. The first kappa shape index (κ1) is 10.7. The molecule has 0 radical (unpaired) electrons. The summed E-state index contributed by atoms with van der Waals surface area (Å²) < 4.78 is 4.86. The fourth-order valence-electron chi connectivity index (χ4n) is 1.11. The molecule has 0 unspecified atom stereocenters. The minimum Gasteiger partial charge on any atom is -0.508 e. The Labute approximate surface area is 83.1 Å². The summed E-state index contributed by atoms with van der Waals surface area (Å²) in [5.41, 5.74) is 1.33. The van der Waals surface area contributed by atoms with Crippen molar-refractivity contribution in [2.75, 3.05) is 25.6 Å². The molecule has 4 heteroatoms. The van der Waals surface area contributed by atoms with Crippen molar-refractivity contribution in [1.82, 2.24) is 0 Å². The van der Waals surface area contributed by atoms with Crippen molar-refractivity contribution in [3.05, 3.63) is 17.7 Å². The molecule has 4 nitrogen and oxygen atoms in total. The molecule has 0 aliphatic carbocycles. The van der Waals surface area contributed by atoms with Crippen LogP contribution >= 0.6 is 0 Å². The topological polar surface area (TPSA) is 61.7 Å². The highest BCUT2D eigenvalue weighted by atomic mass is 16.5. The molecule has 1 aromatic rings. The number of phenolic OH excluding ortho intramolecular Hbond substituents is 2. The fourth-order valence-corrected chi connectivity index (χ4v) is 1.11. The second-order valence-electron chi connectivity index (χ2n) is 3.08. The Kier molecular flexibility index (Phi) is 3.59. The van der Waals surface area contributed by atoms with Gasteiger partial charge in [0.1, 0.15) is 11.5 Å². The monoisotopic (exact) mass is 197 g/mol. The van der Waals surface area contributed by atoms with Crippen LogP contribution in [0.3, 0.4) is 0 Å². The lowest BCUT2D eigenvalue weighted by molar-refractivity contribution is 0.210. The van der Waals surface area contributed by atoms with E-state index in [1.807, 2.05) is 0 Å². The van der Waals surface area contributed by atoms with Crippen molar-refractivity contribution in [3.8, 4) is 11.5 Å². The van der Waals surface area contributed by atoms with E-state index in [0.29, 0.717) is 18.8 Å². The van der Waals surface area contributed by atoms with E-state index >= 15 is 0 Å². The minimum absolute atomic E-state index is 0.0456. The van der Waals surface area contributed by atoms with Crippen LogP contribution in [0.15, 0.2) is 12.1 Å². The minimum atomic E-state index is 0.0456. The zero-order valence-corrected chi connectivity index (χ0v) is 8.37. The molecule has 0 atom stereocenters. The van der Waals surface area contributed by atoms with E-state index in [-0.39, 0.29) is 11.5 Å². The molecular formula is C10H15NO3. The van der Waals surface area contributed by atoms with Crippen molar-refractivity contribution >= 4 is 5.69 Å². The third-order valence-corrected chi connectivity index (χ3v) is 1.94. The molecule has 1 rings (SSSR count). The molecule has 0 fully saturated rings. The number of rotatable bonds is 4. The largest absolute Gasteiger partial charge is 0.508 e. The molecule has 14 heavy (non-hydrogen) atoms. The van der Waals surface area contributed by atoms with Crippen LogP contribution in [0.5, 0.6) is 11.5 Å². The lowest BCUT2D eigenvalue weighted by atomic mass is 10.2. The average Bonchev–Trinajstić information content (AvgIpc) is 2.14. The predicted octanol–water partition coefficient (Wildman–Crippen LogP) is 1.46. The number of methoxy groups -OCH3 is 1. The highest BCUT2D eigenvalue weighted by Gasteiger charge is 2.04. The average molecular weight is 197 g/mol. The molecule has 0 aliphatic heterocycles. The van der Waals surface area contributed by atoms with E-state index < -0.39 is 0 Å². The van der Waals surface area contributed by atoms with Crippen molar-refractivity contribution in [1.29, 1.82) is 0 Å². The number of phenols is 2. The third-order valence-electron chi connectivity index (χ3n) is 1.94. The van der Waals surface area contributed by atoms with Crippen LogP contribution in [0, 0.1) is 6.92 Å². The summed E-state index contributed by atoms with van der Waals surface area (Å²) in [6, 6.07) is 3.02. The van der Waals surface area contributed by atoms with Gasteiger partial charge >= 0.3 is 0 Å². The van der Waals surface area contributed by atoms with Crippen LogP contribution in [-0.2, 0) is 4.74 Å². The summed E-state index contributed by atoms with van der Waals surface area (Å²) in [6.07, 6.45) is 0. The van der Waals surface area contributed by atoms with Gasteiger partial charge in [-0.2, -0.15) is 0 Å². The van der Waals surface area contributed by atoms with Crippen molar-refractivity contribution in [2.24, 2.45) is 0 Å². The van der Waals surface area contributed by atoms with E-state index in [9.17, 15) is 10.2 Å². The number of benzene rings is 1. The zero-order valence-electron chi connectivity index (χ0n) is 8.37. The number of anilines is 1. The van der Waals surface area contributed by atoms with Crippen molar-refractivity contribution in [2.45, 2.75) is 6.92 Å². The van der Waals surface area contributed by atoms with Gasteiger partial charge in [-0.25, -0.2) is 0 Å². The summed E-state index contributed by atoms with van der Waals surface area (Å²) in [7, 11) is 1.61. The number of nitrogens with one attached hydrogen (secondary N) is 1. The van der Waals surface area contributed by atoms with Gasteiger partial charge in [0, 0.05) is 19.7 Å². The molecule has 1 aromatic carbocycles. The Hall–Kier alpha value is -1.42. The molecule has 0 aromatic heterocycles. The van der Waals surface area contributed by atoms with Gasteiger partial charge in [-0.1, -0.05) is 0 Å². The molecule has 0 heterocycles. The maximum atomic E-state index is 9.45. The Morgan fingerprint density at radius 1 is 1.29 bits per heavy atom. The van der Waals surface area contributed by atoms with E-state index in [4.69, 9.17) is 4.74 Å². The SMILES string of the molecule is COCCNc1cc(C)c(O)cc1O. The Morgan fingerprint density at radius 2 is 2.00 bits per heavy atom. The number of hydrogen-bond donors (Lipinski definition) is 3. The van der Waals surface area contributed by atoms with Crippen LogP contribution in [0.1, 0.15) is 5.56 Å². The molecule has 0 bridgehead atoms. The zero-order chi connectivity index (χ0) is 10.6. The Bertz CT molecular complexity index is 312. The molecule has 0 saturated heterocycles. The van der Waals surface area contributed by atoms with Gasteiger partial charge in [0.25, 0.3) is 0 Å². The third kappa shape index (κ3) is 2.53. The van der Waals surface area contributed by atoms with Gasteiger partial charge in [0.15, 0.2) is 0 Å². The first-order valence-electron chi connectivity index (χ1n) is 4.40. The first-order chi connectivity index (χ1) is 6.65. The number of hydrogen-bond acceptors (Lipinski definition) is 4. The van der Waals surface area contributed by atoms with Gasteiger partial charge in [-0.05, 0) is 18.6 Å². The Morgan fingerprint density at radius 3 is 2.64 bits per heavy atom. The highest BCUT2D eigenvalue weighted by Crippen LogP contribution is 2.30. The summed E-state index contributed by atoms with van der Waals surface area (Å²) in [6.45, 7) is 2.96. The summed E-state index contributed by atoms with van der Waals surface area (Å²) in [5, 5.41) is 21.7. The number of aryl methyl sites for hydroxylation is 1. The molecule has 0 saturated carbocycles. The highest BCUT2D eigenvalue weighted by molar-refractivity contribution is 5.60. The standard InChI is InChI=1S/C10H15NO3/c1-7-5-8(11-3-4-14-2)10(13)6-9(7)12/h5-6,11-13H,3-4H2,1-2H3. The van der Waals surface area contributed by atoms with E-state index in [2.05, 4.69) is 5.32 Å². The summed E-state index contributed by atoms with van der Waals surface area (Å²) in [5.74, 6) is 0.143. The van der Waals surface area contributed by atoms with Crippen LogP contribution in [0.4, 0.5) is 5.69 Å². The number of ether oxygens (including phenoxy) is 1. The molecular weight excluding hydrogens is 182 g/mol. The maximum Gasteiger partial charge on any atom is 0.142 e. The molecule has 0 aliphatic rings. The van der Waals surface area contributed by atoms with Crippen molar-refractivity contribution in [3.63, 3.8) is 0 Å². The Balaban J connectivity index is 2.72. The van der Waals surface area contributed by atoms with Crippen LogP contribution in [0.25, 0.3) is 0 Å². The summed E-state index contributed by atoms with van der Waals surface area (Å²) >= 11 is 0. The lowest BCUT2D eigenvalue weighted by Gasteiger charge is -2.09. The second-order valence-corrected chi connectivity index (χ2v) is 3.08. The smallest absolute Gasteiger partial charge is 0.142 e. The summed E-state index contributed by atoms with van der Waals surface area (Å²) in [4.78, 5) is 0. The fraction of sp³-hybridized carbons (Fsp3) is 0.400. The van der Waals surface area contributed by atoms with Crippen molar-refractivity contribution < 1.29 is 14.9 Å². The van der Waals surface area contributed by atoms with E-state index in [0.717, 1.165) is 5.56 Å². The van der Waals surface area contributed by atoms with Gasteiger partial charge in [0.05, 0.1) is 12.3 Å². The van der Waals surface area contributed by atoms with Gasteiger partial charge in [-0.3, -0.25) is 0 Å². The van der Waals surface area contributed by atoms with Crippen LogP contribution in [0.2, 0.25) is 0 Å². The molecule has 0 amide bonds. The van der Waals surface area contributed by atoms with Gasteiger partial charge in [0.2, 0.25) is 0 Å². The van der Waals surface area contributed by atoms with E-state index in [1.54, 1.807) is 20.1 Å². The molecule has 3 N–H and O–H groups in total. The normalized spacial score (nSPS) is 10.1. The molecule has 0 spiro atoms. The van der Waals surface area contributed by atoms with Crippen LogP contribution < -0.4 is 5.32 Å².